The van der Waals surface area contributed by atoms with Crippen molar-refractivity contribution in [2.24, 2.45) is 0 Å². The average Bonchev–Trinajstić information content (AvgIpc) is 2.25. The van der Waals surface area contributed by atoms with Gasteiger partial charge in [0.1, 0.15) is 6.07 Å². The number of halogens is 3. The number of carbonyl (C=O) groups excluding carboxylic acids is 1. The molecule has 90 valence electrons. The summed E-state index contributed by atoms with van der Waals surface area (Å²) in [6, 6.07) is 2.35. The van der Waals surface area contributed by atoms with Crippen molar-refractivity contribution in [3.63, 3.8) is 0 Å². The molecule has 1 aromatic rings. The van der Waals surface area contributed by atoms with E-state index in [2.05, 4.69) is 9.72 Å². The Bertz CT molecular complexity index is 503. The van der Waals surface area contributed by atoms with Crippen LogP contribution < -0.4 is 0 Å². The van der Waals surface area contributed by atoms with Gasteiger partial charge in [-0.1, -0.05) is 0 Å². The van der Waals surface area contributed by atoms with Gasteiger partial charge in [-0.3, -0.25) is 0 Å². The van der Waals surface area contributed by atoms with Crippen LogP contribution >= 0.6 is 0 Å². The van der Waals surface area contributed by atoms with Gasteiger partial charge in [0.2, 0.25) is 0 Å². The Morgan fingerprint density at radius 2 is 2.12 bits per heavy atom. The highest BCUT2D eigenvalue weighted by Crippen LogP contribution is 2.31. The molecule has 4 nitrogen and oxygen atoms in total. The first kappa shape index (κ1) is 13.0. The fourth-order valence-electron chi connectivity index (χ4n) is 1.22. The maximum Gasteiger partial charge on any atom is 0.434 e. The highest BCUT2D eigenvalue weighted by Gasteiger charge is 2.37. The fraction of sp³-hybridized carbons (Fsp3) is 0.300. The van der Waals surface area contributed by atoms with Crippen LogP contribution in [-0.2, 0) is 10.9 Å². The van der Waals surface area contributed by atoms with Gasteiger partial charge >= 0.3 is 12.1 Å². The van der Waals surface area contributed by atoms with Gasteiger partial charge in [-0.25, -0.2) is 9.78 Å². The van der Waals surface area contributed by atoms with Crippen molar-refractivity contribution in [3.05, 3.63) is 28.6 Å². The van der Waals surface area contributed by atoms with E-state index >= 15 is 0 Å². The zero-order valence-corrected chi connectivity index (χ0v) is 8.92. The van der Waals surface area contributed by atoms with Gasteiger partial charge in [0.25, 0.3) is 0 Å². The first-order valence-electron chi connectivity index (χ1n) is 4.38. The zero-order valence-electron chi connectivity index (χ0n) is 8.92. The summed E-state index contributed by atoms with van der Waals surface area (Å²) >= 11 is 0. The number of nitriles is 1. The smallest absolute Gasteiger partial charge is 0.434 e. The lowest BCUT2D eigenvalue weighted by atomic mass is 10.1. The van der Waals surface area contributed by atoms with Crippen molar-refractivity contribution in [1.29, 1.82) is 5.26 Å². The number of carbonyl (C=O) groups is 1. The van der Waals surface area contributed by atoms with Crippen LogP contribution in [0.3, 0.4) is 0 Å². The minimum absolute atomic E-state index is 0.154. The summed E-state index contributed by atoms with van der Waals surface area (Å²) in [5, 5.41) is 8.59. The standard InChI is InChI=1S/C10H7F3N2O2/c1-5-3-6(4-14)8(10(11,12)13)15-7(5)9(16)17-2/h3H,1-2H3. The van der Waals surface area contributed by atoms with E-state index < -0.39 is 29.1 Å². The second-order valence-electron chi connectivity index (χ2n) is 3.15. The largest absolute Gasteiger partial charge is 0.464 e. The topological polar surface area (TPSA) is 63.0 Å². The van der Waals surface area contributed by atoms with E-state index in [4.69, 9.17) is 5.26 Å². The molecule has 0 spiro atoms. The molecule has 1 heterocycles. The minimum Gasteiger partial charge on any atom is -0.464 e. The maximum absolute atomic E-state index is 12.5. The predicted molar refractivity (Wildman–Crippen MR) is 50.0 cm³/mol. The van der Waals surface area contributed by atoms with Gasteiger partial charge < -0.3 is 4.74 Å². The van der Waals surface area contributed by atoms with Crippen molar-refractivity contribution >= 4 is 5.97 Å². The molecule has 0 saturated carbocycles. The number of pyridine rings is 1. The maximum atomic E-state index is 12.5. The molecule has 1 rings (SSSR count). The molecule has 17 heavy (non-hydrogen) atoms. The summed E-state index contributed by atoms with van der Waals surface area (Å²) in [4.78, 5) is 14.3. The first-order chi connectivity index (χ1) is 7.81. The molecule has 7 heteroatoms. The van der Waals surface area contributed by atoms with Crippen LogP contribution in [0.4, 0.5) is 13.2 Å². The van der Waals surface area contributed by atoms with Crippen LogP contribution in [0, 0.1) is 18.3 Å². The molecule has 0 aliphatic rings. The van der Waals surface area contributed by atoms with Gasteiger partial charge in [0.05, 0.1) is 12.7 Å². The molecule has 0 amide bonds. The van der Waals surface area contributed by atoms with Crippen LogP contribution in [-0.4, -0.2) is 18.1 Å². The summed E-state index contributed by atoms with van der Waals surface area (Å²) < 4.78 is 42.0. The number of methoxy groups -OCH3 is 1. The number of alkyl halides is 3. The Hall–Kier alpha value is -2.10. The second kappa shape index (κ2) is 4.41. The van der Waals surface area contributed by atoms with Gasteiger partial charge in [-0.2, -0.15) is 18.4 Å². The number of rotatable bonds is 1. The Morgan fingerprint density at radius 3 is 2.53 bits per heavy atom. The molecule has 0 unspecified atom stereocenters. The van der Waals surface area contributed by atoms with Gasteiger partial charge in [0.15, 0.2) is 11.4 Å². The van der Waals surface area contributed by atoms with Crippen molar-refractivity contribution in [1.82, 2.24) is 4.98 Å². The van der Waals surface area contributed by atoms with E-state index in [1.54, 1.807) is 0 Å². The lowest BCUT2D eigenvalue weighted by Crippen LogP contribution is -2.16. The molecule has 0 aromatic carbocycles. The Balaban J connectivity index is 3.50. The number of aryl methyl sites for hydroxylation is 1. The SMILES string of the molecule is COC(=O)c1nc(C(F)(F)F)c(C#N)cc1C. The number of aromatic nitrogens is 1. The van der Waals surface area contributed by atoms with Gasteiger partial charge in [-0.05, 0) is 18.6 Å². The van der Waals surface area contributed by atoms with E-state index in [1.165, 1.54) is 13.0 Å². The van der Waals surface area contributed by atoms with Gasteiger partial charge in [0, 0.05) is 0 Å². The molecule has 0 radical (unpaired) electrons. The third-order valence-corrected chi connectivity index (χ3v) is 1.98. The van der Waals surface area contributed by atoms with E-state index in [1.807, 2.05) is 0 Å². The van der Waals surface area contributed by atoms with Crippen LogP contribution in [0.25, 0.3) is 0 Å². The number of hydrogen-bond donors (Lipinski definition) is 0. The number of ether oxygens (including phenoxy) is 1. The Kier molecular flexibility index (Phi) is 3.36. The van der Waals surface area contributed by atoms with E-state index in [-0.39, 0.29) is 5.56 Å². The molecule has 0 aliphatic carbocycles. The monoisotopic (exact) mass is 244 g/mol. The van der Waals surface area contributed by atoms with Gasteiger partial charge in [-0.15, -0.1) is 0 Å². The van der Waals surface area contributed by atoms with E-state index in [0.717, 1.165) is 13.2 Å². The third-order valence-electron chi connectivity index (χ3n) is 1.98. The molecule has 0 saturated heterocycles. The molecular formula is C10H7F3N2O2. The molecule has 0 aliphatic heterocycles. The number of nitrogens with zero attached hydrogens (tertiary/aromatic N) is 2. The highest BCUT2D eigenvalue weighted by atomic mass is 19.4. The van der Waals surface area contributed by atoms with Crippen LogP contribution in [0.5, 0.6) is 0 Å². The predicted octanol–water partition coefficient (Wildman–Crippen LogP) is 2.07. The van der Waals surface area contributed by atoms with Crippen molar-refractivity contribution < 1.29 is 22.7 Å². The number of hydrogen-bond acceptors (Lipinski definition) is 4. The van der Waals surface area contributed by atoms with E-state index in [9.17, 15) is 18.0 Å². The van der Waals surface area contributed by atoms with Crippen molar-refractivity contribution in [3.8, 4) is 6.07 Å². The van der Waals surface area contributed by atoms with Crippen molar-refractivity contribution in [2.75, 3.05) is 7.11 Å². The van der Waals surface area contributed by atoms with Crippen molar-refractivity contribution in [2.45, 2.75) is 13.1 Å². The number of esters is 1. The highest BCUT2D eigenvalue weighted by molar-refractivity contribution is 5.89. The Labute approximate surface area is 94.6 Å². The van der Waals surface area contributed by atoms with Crippen LogP contribution in [0.1, 0.15) is 27.3 Å². The summed E-state index contributed by atoms with van der Waals surface area (Å²) in [6.45, 7) is 1.38. The van der Waals surface area contributed by atoms with Crippen LogP contribution in [0.2, 0.25) is 0 Å². The fourth-order valence-corrected chi connectivity index (χ4v) is 1.22. The lowest BCUT2D eigenvalue weighted by molar-refractivity contribution is -0.141. The summed E-state index contributed by atoms with van der Waals surface area (Å²) in [5.41, 5.74) is -2.30. The molecule has 1 aromatic heterocycles. The zero-order chi connectivity index (χ0) is 13.2. The molecule has 0 atom stereocenters. The lowest BCUT2D eigenvalue weighted by Gasteiger charge is -2.10. The second-order valence-corrected chi connectivity index (χ2v) is 3.15. The normalized spacial score (nSPS) is 10.8. The third kappa shape index (κ3) is 2.53. The summed E-state index contributed by atoms with van der Waals surface area (Å²) in [5.74, 6) is -0.975. The summed E-state index contributed by atoms with van der Waals surface area (Å²) in [7, 11) is 1.04. The quantitative estimate of drug-likeness (QED) is 0.709. The first-order valence-corrected chi connectivity index (χ1v) is 4.38. The summed E-state index contributed by atoms with van der Waals surface area (Å²) in [6.07, 6.45) is -4.79. The van der Waals surface area contributed by atoms with E-state index in [0.29, 0.717) is 0 Å². The molecule has 0 fully saturated rings. The average molecular weight is 244 g/mol. The Morgan fingerprint density at radius 1 is 1.53 bits per heavy atom. The molecule has 0 bridgehead atoms. The molecule has 0 N–H and O–H groups in total. The van der Waals surface area contributed by atoms with Crippen LogP contribution in [0.15, 0.2) is 6.07 Å². The molecular weight excluding hydrogens is 237 g/mol. The minimum atomic E-state index is -4.79.